The molecule has 2 saturated heterocycles. The molecule has 0 amide bonds. The zero-order chi connectivity index (χ0) is 14.5. The SMILES string of the molecule is CC1(C)C2CNCC2CN1c1c(Cl)cccc1[N+](=O)[O-]. The number of hydrogen-bond donors (Lipinski definition) is 1. The molecule has 0 saturated carbocycles. The summed E-state index contributed by atoms with van der Waals surface area (Å²) in [6.07, 6.45) is 0. The molecular weight excluding hydrogens is 278 g/mol. The maximum atomic E-state index is 11.3. The third-order valence-corrected chi connectivity index (χ3v) is 5.10. The number of anilines is 1. The van der Waals surface area contributed by atoms with Crippen molar-refractivity contribution in [2.45, 2.75) is 19.4 Å². The number of nitro groups is 1. The van der Waals surface area contributed by atoms with E-state index in [2.05, 4.69) is 24.1 Å². The first-order valence-electron chi connectivity index (χ1n) is 6.84. The first-order valence-corrected chi connectivity index (χ1v) is 7.22. The molecule has 2 fully saturated rings. The Morgan fingerprint density at radius 1 is 1.45 bits per heavy atom. The molecule has 2 unspecified atom stereocenters. The molecule has 5 nitrogen and oxygen atoms in total. The summed E-state index contributed by atoms with van der Waals surface area (Å²) in [4.78, 5) is 13.1. The van der Waals surface area contributed by atoms with Gasteiger partial charge in [0, 0.05) is 31.2 Å². The van der Waals surface area contributed by atoms with Crippen LogP contribution in [0.5, 0.6) is 0 Å². The van der Waals surface area contributed by atoms with Gasteiger partial charge in [0.1, 0.15) is 5.69 Å². The standard InChI is InChI=1S/C14H18ClN3O2/c1-14(2)10-7-16-6-9(10)8-17(14)13-11(15)4-3-5-12(13)18(19)20/h3-5,9-10,16H,6-8H2,1-2H3. The van der Waals surface area contributed by atoms with Crippen LogP contribution in [0.2, 0.25) is 5.02 Å². The van der Waals surface area contributed by atoms with Crippen LogP contribution in [-0.4, -0.2) is 30.1 Å². The van der Waals surface area contributed by atoms with Gasteiger partial charge in [-0.2, -0.15) is 0 Å². The zero-order valence-corrected chi connectivity index (χ0v) is 12.4. The fourth-order valence-electron chi connectivity index (χ4n) is 3.72. The number of hydrogen-bond acceptors (Lipinski definition) is 4. The summed E-state index contributed by atoms with van der Waals surface area (Å²) in [6.45, 7) is 7.06. The van der Waals surface area contributed by atoms with Crippen molar-refractivity contribution in [3.8, 4) is 0 Å². The van der Waals surface area contributed by atoms with E-state index in [1.54, 1.807) is 12.1 Å². The van der Waals surface area contributed by atoms with E-state index in [1.165, 1.54) is 6.07 Å². The Morgan fingerprint density at radius 3 is 2.85 bits per heavy atom. The van der Waals surface area contributed by atoms with Crippen LogP contribution >= 0.6 is 11.6 Å². The molecule has 2 aliphatic rings. The molecule has 108 valence electrons. The van der Waals surface area contributed by atoms with Crippen LogP contribution in [0.4, 0.5) is 11.4 Å². The summed E-state index contributed by atoms with van der Waals surface area (Å²) in [7, 11) is 0. The van der Waals surface area contributed by atoms with Gasteiger partial charge in [-0.1, -0.05) is 17.7 Å². The summed E-state index contributed by atoms with van der Waals surface area (Å²) >= 11 is 6.28. The highest BCUT2D eigenvalue weighted by atomic mass is 35.5. The van der Waals surface area contributed by atoms with Crippen LogP contribution in [-0.2, 0) is 0 Å². The van der Waals surface area contributed by atoms with Gasteiger partial charge < -0.3 is 10.2 Å². The number of nitrogens with one attached hydrogen (secondary N) is 1. The Balaban J connectivity index is 2.08. The summed E-state index contributed by atoms with van der Waals surface area (Å²) in [5.41, 5.74) is 0.529. The minimum absolute atomic E-state index is 0.0958. The lowest BCUT2D eigenvalue weighted by atomic mass is 9.84. The van der Waals surface area contributed by atoms with Gasteiger partial charge in [-0.05, 0) is 31.7 Å². The molecule has 1 aromatic carbocycles. The molecule has 0 spiro atoms. The van der Waals surface area contributed by atoms with Gasteiger partial charge in [-0.25, -0.2) is 0 Å². The Bertz CT molecular complexity index is 561. The Morgan fingerprint density at radius 2 is 2.20 bits per heavy atom. The van der Waals surface area contributed by atoms with Crippen molar-refractivity contribution in [3.05, 3.63) is 33.3 Å². The number of benzene rings is 1. The topological polar surface area (TPSA) is 58.4 Å². The molecule has 2 heterocycles. The van der Waals surface area contributed by atoms with E-state index in [-0.39, 0.29) is 16.1 Å². The molecule has 2 aliphatic heterocycles. The first-order chi connectivity index (χ1) is 9.43. The van der Waals surface area contributed by atoms with Crippen molar-refractivity contribution in [1.82, 2.24) is 5.32 Å². The molecule has 0 aliphatic carbocycles. The quantitative estimate of drug-likeness (QED) is 0.673. The fourth-order valence-corrected chi connectivity index (χ4v) is 3.99. The number of para-hydroxylation sites is 1. The molecule has 2 atom stereocenters. The van der Waals surface area contributed by atoms with E-state index >= 15 is 0 Å². The molecule has 6 heteroatoms. The van der Waals surface area contributed by atoms with E-state index in [9.17, 15) is 10.1 Å². The predicted molar refractivity (Wildman–Crippen MR) is 79.4 cm³/mol. The van der Waals surface area contributed by atoms with Gasteiger partial charge >= 0.3 is 0 Å². The number of fused-ring (bicyclic) bond motifs is 1. The summed E-state index contributed by atoms with van der Waals surface area (Å²) < 4.78 is 0. The number of rotatable bonds is 2. The number of nitro benzene ring substituents is 1. The molecular formula is C14H18ClN3O2. The largest absolute Gasteiger partial charge is 0.359 e. The minimum Gasteiger partial charge on any atom is -0.359 e. The second-order valence-electron chi connectivity index (χ2n) is 6.15. The predicted octanol–water partition coefficient (Wildman–Crippen LogP) is 2.68. The average Bonchev–Trinajstić information content (AvgIpc) is 2.92. The van der Waals surface area contributed by atoms with Crippen LogP contribution in [0.15, 0.2) is 18.2 Å². The fraction of sp³-hybridized carbons (Fsp3) is 0.571. The molecule has 1 N–H and O–H groups in total. The average molecular weight is 296 g/mol. The van der Waals surface area contributed by atoms with Crippen LogP contribution in [0, 0.1) is 22.0 Å². The van der Waals surface area contributed by atoms with Crippen molar-refractivity contribution >= 4 is 23.0 Å². The van der Waals surface area contributed by atoms with Gasteiger partial charge in [-0.3, -0.25) is 10.1 Å². The van der Waals surface area contributed by atoms with Crippen molar-refractivity contribution in [3.63, 3.8) is 0 Å². The van der Waals surface area contributed by atoms with Crippen molar-refractivity contribution in [1.29, 1.82) is 0 Å². The number of halogens is 1. The number of nitrogens with zero attached hydrogens (tertiary/aromatic N) is 2. The molecule has 20 heavy (non-hydrogen) atoms. The highest BCUT2D eigenvalue weighted by Crippen LogP contribution is 2.48. The van der Waals surface area contributed by atoms with Crippen LogP contribution < -0.4 is 10.2 Å². The van der Waals surface area contributed by atoms with Gasteiger partial charge in [0.2, 0.25) is 0 Å². The van der Waals surface area contributed by atoms with Crippen LogP contribution in [0.3, 0.4) is 0 Å². The van der Waals surface area contributed by atoms with E-state index in [0.717, 1.165) is 19.6 Å². The van der Waals surface area contributed by atoms with Crippen molar-refractivity contribution in [2.24, 2.45) is 11.8 Å². The highest BCUT2D eigenvalue weighted by Gasteiger charge is 2.51. The minimum atomic E-state index is -0.344. The van der Waals surface area contributed by atoms with Gasteiger partial charge in [-0.15, -0.1) is 0 Å². The summed E-state index contributed by atoms with van der Waals surface area (Å²) in [6, 6.07) is 4.89. The Hall–Kier alpha value is -1.33. The van der Waals surface area contributed by atoms with E-state index in [1.807, 2.05) is 0 Å². The smallest absolute Gasteiger partial charge is 0.294 e. The second kappa shape index (κ2) is 4.60. The third-order valence-electron chi connectivity index (χ3n) is 4.79. The molecule has 3 rings (SSSR count). The van der Waals surface area contributed by atoms with E-state index in [0.29, 0.717) is 22.5 Å². The highest BCUT2D eigenvalue weighted by molar-refractivity contribution is 6.33. The van der Waals surface area contributed by atoms with Gasteiger partial charge in [0.15, 0.2) is 0 Å². The van der Waals surface area contributed by atoms with Gasteiger partial charge in [0.05, 0.1) is 9.95 Å². The lowest BCUT2D eigenvalue weighted by Gasteiger charge is -2.37. The maximum Gasteiger partial charge on any atom is 0.294 e. The van der Waals surface area contributed by atoms with Crippen molar-refractivity contribution in [2.75, 3.05) is 24.5 Å². The monoisotopic (exact) mass is 295 g/mol. The van der Waals surface area contributed by atoms with Crippen LogP contribution in [0.1, 0.15) is 13.8 Å². The van der Waals surface area contributed by atoms with Crippen LogP contribution in [0.25, 0.3) is 0 Å². The lowest BCUT2D eigenvalue weighted by molar-refractivity contribution is -0.384. The maximum absolute atomic E-state index is 11.3. The normalized spacial score (nSPS) is 27.6. The second-order valence-corrected chi connectivity index (χ2v) is 6.56. The Labute approximate surface area is 123 Å². The Kier molecular flexibility index (Phi) is 3.14. The third kappa shape index (κ3) is 1.88. The summed E-state index contributed by atoms with van der Waals surface area (Å²) in [5.74, 6) is 1.03. The van der Waals surface area contributed by atoms with E-state index in [4.69, 9.17) is 11.6 Å². The zero-order valence-electron chi connectivity index (χ0n) is 11.6. The van der Waals surface area contributed by atoms with Crippen molar-refractivity contribution < 1.29 is 4.92 Å². The van der Waals surface area contributed by atoms with E-state index < -0.39 is 0 Å². The molecule has 0 radical (unpaired) electrons. The molecule has 0 aromatic heterocycles. The summed E-state index contributed by atoms with van der Waals surface area (Å²) in [5, 5.41) is 15.2. The lowest BCUT2D eigenvalue weighted by Crippen LogP contribution is -2.45. The molecule has 0 bridgehead atoms. The first kappa shape index (κ1) is 13.6. The van der Waals surface area contributed by atoms with Gasteiger partial charge in [0.25, 0.3) is 5.69 Å². The molecule has 1 aromatic rings.